The van der Waals surface area contributed by atoms with Gasteiger partial charge in [-0.05, 0) is 38.8 Å². The largest absolute Gasteiger partial charge is 0.493 e. The van der Waals surface area contributed by atoms with Crippen LogP contribution in [0.1, 0.15) is 62.9 Å². The number of amides is 2. The molecule has 2 atom stereocenters. The summed E-state index contributed by atoms with van der Waals surface area (Å²) >= 11 is 0. The van der Waals surface area contributed by atoms with Crippen molar-refractivity contribution in [2.75, 3.05) is 47.1 Å². The lowest BCUT2D eigenvalue weighted by Gasteiger charge is -2.24. The molecule has 2 amide bonds. The summed E-state index contributed by atoms with van der Waals surface area (Å²) < 4.78 is 22.0. The summed E-state index contributed by atoms with van der Waals surface area (Å²) in [7, 11) is 3.20. The number of aldehydes is 1. The number of carbonyl (C=O) groups is 3. The summed E-state index contributed by atoms with van der Waals surface area (Å²) in [5.74, 6) is 0.275. The van der Waals surface area contributed by atoms with E-state index in [4.69, 9.17) is 18.9 Å². The van der Waals surface area contributed by atoms with Crippen molar-refractivity contribution in [3.63, 3.8) is 0 Å². The van der Waals surface area contributed by atoms with Crippen LogP contribution in [-0.4, -0.2) is 75.9 Å². The van der Waals surface area contributed by atoms with E-state index in [9.17, 15) is 14.4 Å². The molecule has 1 fully saturated rings. The highest BCUT2D eigenvalue weighted by Crippen LogP contribution is 2.38. The van der Waals surface area contributed by atoms with Crippen molar-refractivity contribution in [1.82, 2.24) is 10.2 Å². The van der Waals surface area contributed by atoms with E-state index < -0.39 is 11.7 Å². The van der Waals surface area contributed by atoms with Gasteiger partial charge in [-0.3, -0.25) is 4.79 Å². The molecule has 9 nitrogen and oxygen atoms in total. The second-order valence-corrected chi connectivity index (χ2v) is 10.1. The molecule has 0 aliphatic carbocycles. The molecule has 1 heterocycles. The molecular formula is C26H40N2O7. The molecule has 1 aliphatic heterocycles. The van der Waals surface area contributed by atoms with Crippen LogP contribution in [0.25, 0.3) is 0 Å². The number of benzene rings is 1. The van der Waals surface area contributed by atoms with Crippen LogP contribution in [0.4, 0.5) is 4.79 Å². The summed E-state index contributed by atoms with van der Waals surface area (Å²) in [6.45, 7) is 11.3. The van der Waals surface area contributed by atoms with Crippen molar-refractivity contribution in [2.45, 2.75) is 52.6 Å². The van der Waals surface area contributed by atoms with Gasteiger partial charge in [0.15, 0.2) is 11.5 Å². The molecule has 0 radical (unpaired) electrons. The minimum atomic E-state index is -0.620. The van der Waals surface area contributed by atoms with Gasteiger partial charge in [-0.1, -0.05) is 13.8 Å². The molecule has 9 heteroatoms. The van der Waals surface area contributed by atoms with Gasteiger partial charge in [-0.15, -0.1) is 0 Å². The maximum Gasteiger partial charge on any atom is 0.410 e. The SMILES string of the molecule is COCCCOc1c(OC)ccc(C(=O)NC[C@@H]2CN(C(=O)OC(C)(C)C)C[C@H]2C=O)c1C(C)C. The first kappa shape index (κ1) is 28.4. The molecule has 1 aliphatic rings. The Morgan fingerprint density at radius 1 is 1.17 bits per heavy atom. The van der Waals surface area contributed by atoms with Gasteiger partial charge in [0, 0.05) is 62.7 Å². The molecule has 1 aromatic rings. The fraction of sp³-hybridized carbons (Fsp3) is 0.654. The third kappa shape index (κ3) is 7.85. The van der Waals surface area contributed by atoms with Gasteiger partial charge in [0.25, 0.3) is 5.91 Å². The van der Waals surface area contributed by atoms with Crippen LogP contribution >= 0.6 is 0 Å². The Kier molecular flexibility index (Phi) is 10.4. The Hall–Kier alpha value is -2.81. The van der Waals surface area contributed by atoms with E-state index in [0.717, 1.165) is 11.8 Å². The Labute approximate surface area is 208 Å². The number of likely N-dealkylation sites (tertiary alicyclic amines) is 1. The molecule has 1 aromatic carbocycles. The lowest BCUT2D eigenvalue weighted by Crippen LogP contribution is -2.36. The lowest BCUT2D eigenvalue weighted by atomic mass is 9.94. The minimum Gasteiger partial charge on any atom is -0.493 e. The highest BCUT2D eigenvalue weighted by atomic mass is 16.6. The maximum absolute atomic E-state index is 13.2. The van der Waals surface area contributed by atoms with Crippen LogP contribution < -0.4 is 14.8 Å². The van der Waals surface area contributed by atoms with Gasteiger partial charge in [-0.25, -0.2) is 4.79 Å². The average Bonchev–Trinajstić information content (AvgIpc) is 3.22. The third-order valence-electron chi connectivity index (χ3n) is 5.78. The summed E-state index contributed by atoms with van der Waals surface area (Å²) in [5, 5.41) is 2.96. The predicted molar refractivity (Wildman–Crippen MR) is 132 cm³/mol. The van der Waals surface area contributed by atoms with E-state index in [1.165, 1.54) is 4.90 Å². The number of rotatable bonds is 11. The number of hydrogen-bond acceptors (Lipinski definition) is 7. The number of hydrogen-bond donors (Lipinski definition) is 1. The van der Waals surface area contributed by atoms with Gasteiger partial charge in [0.1, 0.15) is 11.9 Å². The van der Waals surface area contributed by atoms with Gasteiger partial charge < -0.3 is 34.0 Å². The molecule has 196 valence electrons. The van der Waals surface area contributed by atoms with Crippen molar-refractivity contribution in [3.8, 4) is 11.5 Å². The topological polar surface area (TPSA) is 103 Å². The van der Waals surface area contributed by atoms with Crippen LogP contribution in [-0.2, 0) is 14.3 Å². The molecular weight excluding hydrogens is 452 g/mol. The molecule has 0 unspecified atom stereocenters. The Bertz CT molecular complexity index is 879. The third-order valence-corrected chi connectivity index (χ3v) is 5.78. The first-order valence-electron chi connectivity index (χ1n) is 12.1. The Morgan fingerprint density at radius 3 is 2.46 bits per heavy atom. The quantitative estimate of drug-likeness (QED) is 0.371. The van der Waals surface area contributed by atoms with E-state index in [0.29, 0.717) is 43.2 Å². The number of carbonyl (C=O) groups excluding carboxylic acids is 3. The summed E-state index contributed by atoms with van der Waals surface area (Å²) in [4.78, 5) is 38.9. The molecule has 1 saturated heterocycles. The average molecular weight is 493 g/mol. The zero-order valence-electron chi connectivity index (χ0n) is 22.0. The zero-order chi connectivity index (χ0) is 26.2. The summed E-state index contributed by atoms with van der Waals surface area (Å²) in [6.07, 6.45) is 1.10. The van der Waals surface area contributed by atoms with E-state index in [-0.39, 0.29) is 36.8 Å². The van der Waals surface area contributed by atoms with Crippen molar-refractivity contribution in [1.29, 1.82) is 0 Å². The van der Waals surface area contributed by atoms with Gasteiger partial charge >= 0.3 is 6.09 Å². The maximum atomic E-state index is 13.2. The number of methoxy groups -OCH3 is 2. The summed E-state index contributed by atoms with van der Waals surface area (Å²) in [5.41, 5.74) is 0.630. The van der Waals surface area contributed by atoms with Crippen LogP contribution in [0.3, 0.4) is 0 Å². The van der Waals surface area contributed by atoms with Crippen LogP contribution in [0.15, 0.2) is 12.1 Å². The van der Waals surface area contributed by atoms with Crippen molar-refractivity contribution < 1.29 is 33.3 Å². The normalized spacial score (nSPS) is 17.9. The lowest BCUT2D eigenvalue weighted by molar-refractivity contribution is -0.111. The highest BCUT2D eigenvalue weighted by molar-refractivity contribution is 5.97. The van der Waals surface area contributed by atoms with Crippen LogP contribution in [0.2, 0.25) is 0 Å². The standard InChI is InChI=1S/C26H40N2O7/c1-17(2)22-20(9-10-21(33-7)23(22)34-12-8-11-32-6)24(30)27-13-18-14-28(15-19(18)16-29)25(31)35-26(3,4)5/h9-10,16-19H,8,11-15H2,1-7H3,(H,27,30)/t18-,19+/m1/s1. The molecule has 35 heavy (non-hydrogen) atoms. The number of ether oxygens (including phenoxy) is 4. The van der Waals surface area contributed by atoms with Crippen molar-refractivity contribution in [3.05, 3.63) is 23.3 Å². The van der Waals surface area contributed by atoms with Gasteiger partial charge in [0.2, 0.25) is 0 Å². The van der Waals surface area contributed by atoms with Crippen LogP contribution in [0.5, 0.6) is 11.5 Å². The molecule has 1 N–H and O–H groups in total. The Balaban J connectivity index is 2.15. The fourth-order valence-electron chi connectivity index (χ4n) is 4.10. The van der Waals surface area contributed by atoms with Gasteiger partial charge in [0.05, 0.1) is 13.7 Å². The monoisotopic (exact) mass is 492 g/mol. The minimum absolute atomic E-state index is 0.000129. The van der Waals surface area contributed by atoms with E-state index >= 15 is 0 Å². The number of nitrogens with zero attached hydrogens (tertiary/aromatic N) is 1. The predicted octanol–water partition coefficient (Wildman–Crippen LogP) is 3.65. The van der Waals surface area contributed by atoms with Crippen LogP contribution in [0, 0.1) is 11.8 Å². The summed E-state index contributed by atoms with van der Waals surface area (Å²) in [6, 6.07) is 3.45. The first-order chi connectivity index (χ1) is 16.5. The zero-order valence-corrected chi connectivity index (χ0v) is 22.0. The molecule has 2 rings (SSSR count). The number of nitrogens with one attached hydrogen (secondary N) is 1. The van der Waals surface area contributed by atoms with E-state index in [1.54, 1.807) is 47.1 Å². The van der Waals surface area contributed by atoms with Crippen molar-refractivity contribution >= 4 is 18.3 Å². The Morgan fingerprint density at radius 2 is 1.89 bits per heavy atom. The van der Waals surface area contributed by atoms with E-state index in [1.807, 2.05) is 13.8 Å². The molecule has 0 spiro atoms. The van der Waals surface area contributed by atoms with E-state index in [2.05, 4.69) is 5.32 Å². The highest BCUT2D eigenvalue weighted by Gasteiger charge is 2.37. The molecule has 0 saturated carbocycles. The molecule has 0 aromatic heterocycles. The first-order valence-corrected chi connectivity index (χ1v) is 12.1. The molecule has 0 bridgehead atoms. The second kappa shape index (κ2) is 12.8. The second-order valence-electron chi connectivity index (χ2n) is 10.1. The fourth-order valence-corrected chi connectivity index (χ4v) is 4.10. The van der Waals surface area contributed by atoms with Gasteiger partial charge in [-0.2, -0.15) is 0 Å². The van der Waals surface area contributed by atoms with Crippen molar-refractivity contribution in [2.24, 2.45) is 11.8 Å². The smallest absolute Gasteiger partial charge is 0.410 e.